The topological polar surface area (TPSA) is 76.1 Å². The van der Waals surface area contributed by atoms with Gasteiger partial charge < -0.3 is 9.42 Å². The Labute approximate surface area is 140 Å². The number of aromatic nitrogens is 5. The van der Waals surface area contributed by atoms with Gasteiger partial charge in [0.15, 0.2) is 5.65 Å². The molecule has 0 unspecified atom stereocenters. The molecule has 0 amide bonds. The highest BCUT2D eigenvalue weighted by molar-refractivity contribution is 5.87. The van der Waals surface area contributed by atoms with Gasteiger partial charge in [-0.25, -0.2) is 9.97 Å². The molecule has 0 N–H and O–H groups in total. The van der Waals surface area contributed by atoms with Crippen LogP contribution in [0.3, 0.4) is 0 Å². The van der Waals surface area contributed by atoms with Crippen molar-refractivity contribution in [3.05, 3.63) is 29.5 Å². The Hall–Kier alpha value is -2.48. The molecule has 0 atom stereocenters. The summed E-state index contributed by atoms with van der Waals surface area (Å²) in [7, 11) is 1.91. The highest BCUT2D eigenvalue weighted by Crippen LogP contribution is 2.24. The highest BCUT2D eigenvalue weighted by atomic mass is 16.5. The van der Waals surface area contributed by atoms with Gasteiger partial charge in [-0.05, 0) is 13.8 Å². The van der Waals surface area contributed by atoms with Gasteiger partial charge in [0.25, 0.3) is 0 Å². The van der Waals surface area contributed by atoms with Gasteiger partial charge in [-0.3, -0.25) is 9.58 Å². The maximum Gasteiger partial charge on any atom is 0.163 e. The second kappa shape index (κ2) is 5.86. The Kier molecular flexibility index (Phi) is 3.68. The molecule has 4 heterocycles. The summed E-state index contributed by atoms with van der Waals surface area (Å²) >= 11 is 0. The molecule has 0 radical (unpaired) electrons. The van der Waals surface area contributed by atoms with Crippen LogP contribution < -0.4 is 4.90 Å². The van der Waals surface area contributed by atoms with E-state index in [1.807, 2.05) is 33.2 Å². The molecule has 1 aliphatic rings. The smallest absolute Gasteiger partial charge is 0.163 e. The Morgan fingerprint density at radius 1 is 1.12 bits per heavy atom. The quantitative estimate of drug-likeness (QED) is 0.717. The van der Waals surface area contributed by atoms with E-state index in [4.69, 9.17) is 4.52 Å². The van der Waals surface area contributed by atoms with Crippen molar-refractivity contribution in [3.63, 3.8) is 0 Å². The standard InChI is InChI=1S/C16H21N7O/c1-11-8-13(20-24-11)10-22-4-6-23(7-5-22)16-14-9-17-21(3)15(14)18-12(2)19-16/h8-9H,4-7,10H2,1-3H3. The largest absolute Gasteiger partial charge is 0.361 e. The monoisotopic (exact) mass is 327 g/mol. The summed E-state index contributed by atoms with van der Waals surface area (Å²) in [5.74, 6) is 2.63. The molecule has 8 heteroatoms. The summed E-state index contributed by atoms with van der Waals surface area (Å²) in [5.41, 5.74) is 1.88. The molecular formula is C16H21N7O. The third-order valence-electron chi connectivity index (χ3n) is 4.42. The molecule has 0 aliphatic carbocycles. The second-order valence-corrected chi connectivity index (χ2v) is 6.29. The fraction of sp³-hybridized carbons (Fsp3) is 0.500. The van der Waals surface area contributed by atoms with Crippen molar-refractivity contribution in [2.75, 3.05) is 31.1 Å². The number of piperazine rings is 1. The molecule has 0 spiro atoms. The van der Waals surface area contributed by atoms with Crippen LogP contribution in [0.15, 0.2) is 16.8 Å². The lowest BCUT2D eigenvalue weighted by molar-refractivity contribution is 0.241. The van der Waals surface area contributed by atoms with Gasteiger partial charge in [0.05, 0.1) is 17.3 Å². The third kappa shape index (κ3) is 2.73. The molecule has 24 heavy (non-hydrogen) atoms. The molecule has 0 aromatic carbocycles. The predicted molar refractivity (Wildman–Crippen MR) is 89.8 cm³/mol. The van der Waals surface area contributed by atoms with Crippen LogP contribution in [0.2, 0.25) is 0 Å². The fourth-order valence-corrected chi connectivity index (χ4v) is 3.19. The maximum absolute atomic E-state index is 5.15. The summed E-state index contributed by atoms with van der Waals surface area (Å²) < 4.78 is 6.95. The Bertz CT molecular complexity index is 861. The lowest BCUT2D eigenvalue weighted by atomic mass is 10.2. The molecule has 1 fully saturated rings. The van der Waals surface area contributed by atoms with Crippen molar-refractivity contribution in [1.29, 1.82) is 0 Å². The normalized spacial score (nSPS) is 16.2. The molecule has 1 saturated heterocycles. The predicted octanol–water partition coefficient (Wildman–Crippen LogP) is 1.29. The maximum atomic E-state index is 5.15. The van der Waals surface area contributed by atoms with Crippen LogP contribution >= 0.6 is 0 Å². The van der Waals surface area contributed by atoms with Crippen molar-refractivity contribution < 1.29 is 4.52 Å². The van der Waals surface area contributed by atoms with Crippen molar-refractivity contribution in [2.24, 2.45) is 7.05 Å². The van der Waals surface area contributed by atoms with Crippen LogP contribution in [-0.4, -0.2) is 56.0 Å². The average Bonchev–Trinajstić information content (AvgIpc) is 3.14. The molecule has 0 saturated carbocycles. The summed E-state index contributed by atoms with van der Waals surface area (Å²) in [6.45, 7) is 8.47. The van der Waals surface area contributed by atoms with E-state index in [9.17, 15) is 0 Å². The molecule has 3 aromatic rings. The van der Waals surface area contributed by atoms with Crippen LogP contribution in [0.4, 0.5) is 5.82 Å². The molecule has 0 bridgehead atoms. The molecule has 3 aromatic heterocycles. The molecular weight excluding hydrogens is 306 g/mol. The van der Waals surface area contributed by atoms with Crippen molar-refractivity contribution in [2.45, 2.75) is 20.4 Å². The first-order chi connectivity index (χ1) is 11.6. The first kappa shape index (κ1) is 15.1. The van der Waals surface area contributed by atoms with Gasteiger partial charge in [0.2, 0.25) is 0 Å². The zero-order chi connectivity index (χ0) is 16.7. The second-order valence-electron chi connectivity index (χ2n) is 6.29. The molecule has 126 valence electrons. The number of aryl methyl sites for hydroxylation is 3. The van der Waals surface area contributed by atoms with E-state index in [1.54, 1.807) is 4.68 Å². The number of rotatable bonds is 3. The summed E-state index contributed by atoms with van der Waals surface area (Å²) in [5, 5.41) is 9.42. The van der Waals surface area contributed by atoms with Gasteiger partial charge in [-0.15, -0.1) is 0 Å². The van der Waals surface area contributed by atoms with Crippen LogP contribution in [0, 0.1) is 13.8 Å². The number of fused-ring (bicyclic) bond motifs is 1. The van der Waals surface area contributed by atoms with E-state index < -0.39 is 0 Å². The number of hydrogen-bond acceptors (Lipinski definition) is 7. The van der Waals surface area contributed by atoms with E-state index in [1.165, 1.54) is 0 Å². The van der Waals surface area contributed by atoms with Crippen molar-refractivity contribution in [1.82, 2.24) is 29.8 Å². The minimum atomic E-state index is 0.779. The minimum Gasteiger partial charge on any atom is -0.361 e. The van der Waals surface area contributed by atoms with Crippen molar-refractivity contribution >= 4 is 16.9 Å². The Morgan fingerprint density at radius 2 is 1.92 bits per heavy atom. The van der Waals surface area contributed by atoms with Gasteiger partial charge in [0.1, 0.15) is 17.4 Å². The lowest BCUT2D eigenvalue weighted by Crippen LogP contribution is -2.46. The fourth-order valence-electron chi connectivity index (χ4n) is 3.19. The zero-order valence-corrected chi connectivity index (χ0v) is 14.2. The third-order valence-corrected chi connectivity index (χ3v) is 4.42. The zero-order valence-electron chi connectivity index (χ0n) is 14.2. The van der Waals surface area contributed by atoms with Gasteiger partial charge in [0, 0.05) is 45.8 Å². The van der Waals surface area contributed by atoms with Crippen LogP contribution in [-0.2, 0) is 13.6 Å². The van der Waals surface area contributed by atoms with Gasteiger partial charge in [-0.2, -0.15) is 5.10 Å². The Balaban J connectivity index is 1.50. The molecule has 1 aliphatic heterocycles. The van der Waals surface area contributed by atoms with E-state index in [0.29, 0.717) is 0 Å². The van der Waals surface area contributed by atoms with E-state index in [2.05, 4.69) is 30.0 Å². The lowest BCUT2D eigenvalue weighted by Gasteiger charge is -2.35. The first-order valence-electron chi connectivity index (χ1n) is 8.16. The van der Waals surface area contributed by atoms with Crippen molar-refractivity contribution in [3.8, 4) is 0 Å². The SMILES string of the molecule is Cc1nc(N2CCN(Cc3cc(C)on3)CC2)c2cnn(C)c2n1. The van der Waals surface area contributed by atoms with E-state index in [0.717, 1.165) is 66.9 Å². The summed E-state index contributed by atoms with van der Waals surface area (Å²) in [6, 6.07) is 2.00. The average molecular weight is 327 g/mol. The van der Waals surface area contributed by atoms with E-state index >= 15 is 0 Å². The number of hydrogen-bond donors (Lipinski definition) is 0. The van der Waals surface area contributed by atoms with Crippen LogP contribution in [0.5, 0.6) is 0 Å². The number of nitrogens with zero attached hydrogens (tertiary/aromatic N) is 7. The summed E-state index contributed by atoms with van der Waals surface area (Å²) in [4.78, 5) is 13.9. The molecule has 8 nitrogen and oxygen atoms in total. The number of anilines is 1. The van der Waals surface area contributed by atoms with Crippen LogP contribution in [0.1, 0.15) is 17.3 Å². The van der Waals surface area contributed by atoms with E-state index in [-0.39, 0.29) is 0 Å². The highest BCUT2D eigenvalue weighted by Gasteiger charge is 2.22. The van der Waals surface area contributed by atoms with Crippen LogP contribution in [0.25, 0.3) is 11.0 Å². The minimum absolute atomic E-state index is 0.779. The van der Waals surface area contributed by atoms with Gasteiger partial charge >= 0.3 is 0 Å². The first-order valence-corrected chi connectivity index (χ1v) is 8.16. The van der Waals surface area contributed by atoms with Gasteiger partial charge in [-0.1, -0.05) is 5.16 Å². The molecule has 4 rings (SSSR count). The Morgan fingerprint density at radius 3 is 2.62 bits per heavy atom. The summed E-state index contributed by atoms with van der Waals surface area (Å²) in [6.07, 6.45) is 1.86.